The molecule has 0 aliphatic carbocycles. The summed E-state index contributed by atoms with van der Waals surface area (Å²) >= 11 is 0. The molecule has 0 aliphatic heterocycles. The predicted molar refractivity (Wildman–Crippen MR) is 97.6 cm³/mol. The van der Waals surface area contributed by atoms with Crippen LogP contribution in [-0.4, -0.2) is 46.4 Å². The van der Waals surface area contributed by atoms with Crippen molar-refractivity contribution in [1.82, 2.24) is 19.7 Å². The van der Waals surface area contributed by atoms with Gasteiger partial charge in [-0.1, -0.05) is 24.3 Å². The van der Waals surface area contributed by atoms with Crippen LogP contribution in [0, 0.1) is 0 Å². The molecule has 3 N–H and O–H groups in total. The third-order valence-electron chi connectivity index (χ3n) is 3.62. The maximum atomic E-state index is 12.1. The summed E-state index contributed by atoms with van der Waals surface area (Å²) in [5.41, 5.74) is 0.691. The van der Waals surface area contributed by atoms with E-state index in [1.54, 1.807) is 31.2 Å². The Morgan fingerprint density at radius 2 is 2.07 bits per heavy atom. The highest BCUT2D eigenvalue weighted by atomic mass is 32.2. The highest BCUT2D eigenvalue weighted by Crippen LogP contribution is 2.13. The van der Waals surface area contributed by atoms with Crippen LogP contribution in [0.15, 0.2) is 30.5 Å². The number of carboxylic acids is 1. The molecule has 1 atom stereocenters. The molecule has 146 valence electrons. The van der Waals surface area contributed by atoms with Gasteiger partial charge >= 0.3 is 5.97 Å². The van der Waals surface area contributed by atoms with Crippen molar-refractivity contribution >= 4 is 27.6 Å². The summed E-state index contributed by atoms with van der Waals surface area (Å²) in [4.78, 5) is 22.8. The lowest BCUT2D eigenvalue weighted by molar-refractivity contribution is -0.116. The summed E-state index contributed by atoms with van der Waals surface area (Å²) in [7, 11) is -3.49. The second kappa shape index (κ2) is 8.73. The van der Waals surface area contributed by atoms with E-state index >= 15 is 0 Å². The van der Waals surface area contributed by atoms with Gasteiger partial charge in [-0.25, -0.2) is 22.6 Å². The van der Waals surface area contributed by atoms with Gasteiger partial charge in [0.2, 0.25) is 15.9 Å². The Morgan fingerprint density at radius 3 is 2.70 bits per heavy atom. The van der Waals surface area contributed by atoms with E-state index in [9.17, 15) is 18.0 Å². The van der Waals surface area contributed by atoms with Crippen LogP contribution in [0.4, 0.5) is 5.69 Å². The Kier molecular flexibility index (Phi) is 6.64. The minimum atomic E-state index is -3.49. The molecule has 1 amide bonds. The number of amides is 1. The summed E-state index contributed by atoms with van der Waals surface area (Å²) in [6.07, 6.45) is 1.83. The Morgan fingerprint density at radius 1 is 1.33 bits per heavy atom. The molecule has 2 aromatic rings. The van der Waals surface area contributed by atoms with Crippen molar-refractivity contribution in [2.24, 2.45) is 0 Å². The topological polar surface area (TPSA) is 143 Å². The van der Waals surface area contributed by atoms with Gasteiger partial charge in [-0.2, -0.15) is 0 Å². The number of carboxylic acid groups (broad SMARTS) is 1. The highest BCUT2D eigenvalue weighted by Gasteiger charge is 2.15. The third-order valence-corrected chi connectivity index (χ3v) is 5.10. The van der Waals surface area contributed by atoms with Crippen LogP contribution in [0.2, 0.25) is 0 Å². The molecular weight excluding hydrogens is 374 g/mol. The number of nitrogens with zero attached hydrogens (tertiary/aromatic N) is 3. The van der Waals surface area contributed by atoms with Crippen LogP contribution in [-0.2, 0) is 27.1 Å². The van der Waals surface area contributed by atoms with Gasteiger partial charge in [0.1, 0.15) is 6.54 Å². The van der Waals surface area contributed by atoms with E-state index in [1.165, 1.54) is 0 Å². The lowest BCUT2D eigenvalue weighted by atomic mass is 10.2. The Bertz CT molecular complexity index is 925. The van der Waals surface area contributed by atoms with Gasteiger partial charge < -0.3 is 10.4 Å². The predicted octanol–water partition coefficient (Wildman–Crippen LogP) is 0.833. The molecule has 0 fully saturated rings. The average molecular weight is 395 g/mol. The van der Waals surface area contributed by atoms with Crippen LogP contribution in [0.5, 0.6) is 0 Å². The van der Waals surface area contributed by atoms with Crippen molar-refractivity contribution in [2.45, 2.75) is 38.6 Å². The van der Waals surface area contributed by atoms with Crippen molar-refractivity contribution in [3.63, 3.8) is 0 Å². The first-order valence-electron chi connectivity index (χ1n) is 8.20. The standard InChI is InChI=1S/C16H21N5O5S/c1-3-11(2)19-27(25,26)10-12-5-4-6-13(7-12)17-15(22)9-21-8-14(16(23)24)18-20-21/h4-8,11,19H,3,9-10H2,1-2H3,(H,17,22)(H,23,24). The summed E-state index contributed by atoms with van der Waals surface area (Å²) in [6, 6.07) is 6.33. The molecule has 27 heavy (non-hydrogen) atoms. The Balaban J connectivity index is 2.00. The summed E-state index contributed by atoms with van der Waals surface area (Å²) in [6.45, 7) is 3.45. The molecule has 0 saturated carbocycles. The van der Waals surface area contributed by atoms with Crippen molar-refractivity contribution in [3.8, 4) is 0 Å². The van der Waals surface area contributed by atoms with Crippen LogP contribution >= 0.6 is 0 Å². The minimum Gasteiger partial charge on any atom is -0.476 e. The second-order valence-electron chi connectivity index (χ2n) is 6.04. The number of aromatic nitrogens is 3. The van der Waals surface area contributed by atoms with E-state index in [4.69, 9.17) is 5.11 Å². The molecule has 1 unspecified atom stereocenters. The van der Waals surface area contributed by atoms with Gasteiger partial charge in [-0.05, 0) is 31.0 Å². The average Bonchev–Trinajstić information content (AvgIpc) is 3.02. The quantitative estimate of drug-likeness (QED) is 0.570. The molecule has 0 radical (unpaired) electrons. The zero-order chi connectivity index (χ0) is 20.0. The number of sulfonamides is 1. The first-order chi connectivity index (χ1) is 12.7. The van der Waals surface area contributed by atoms with Crippen LogP contribution in [0.3, 0.4) is 0 Å². The van der Waals surface area contributed by atoms with Gasteiger partial charge in [0.05, 0.1) is 11.9 Å². The van der Waals surface area contributed by atoms with Gasteiger partial charge in [0, 0.05) is 11.7 Å². The largest absolute Gasteiger partial charge is 0.476 e. The monoisotopic (exact) mass is 395 g/mol. The fourth-order valence-corrected chi connectivity index (χ4v) is 3.69. The first kappa shape index (κ1) is 20.5. The Hall–Kier alpha value is -2.79. The number of benzene rings is 1. The van der Waals surface area contributed by atoms with Crippen molar-refractivity contribution in [3.05, 3.63) is 41.7 Å². The number of hydrogen-bond donors (Lipinski definition) is 3. The molecule has 1 aromatic heterocycles. The van der Waals surface area contributed by atoms with E-state index in [-0.39, 0.29) is 24.0 Å². The van der Waals surface area contributed by atoms with Gasteiger partial charge in [-0.15, -0.1) is 5.10 Å². The number of carbonyl (C=O) groups excluding carboxylic acids is 1. The maximum Gasteiger partial charge on any atom is 0.358 e. The zero-order valence-electron chi connectivity index (χ0n) is 14.9. The van der Waals surface area contributed by atoms with Gasteiger partial charge in [-0.3, -0.25) is 4.79 Å². The number of rotatable bonds is 9. The molecule has 2 rings (SSSR count). The van der Waals surface area contributed by atoms with E-state index < -0.39 is 21.9 Å². The van der Waals surface area contributed by atoms with E-state index in [1.807, 2.05) is 6.92 Å². The molecule has 0 saturated heterocycles. The lowest BCUT2D eigenvalue weighted by Gasteiger charge is -2.12. The second-order valence-corrected chi connectivity index (χ2v) is 7.80. The lowest BCUT2D eigenvalue weighted by Crippen LogP contribution is -2.33. The minimum absolute atomic E-state index is 0.156. The molecule has 1 aromatic carbocycles. The number of anilines is 1. The van der Waals surface area contributed by atoms with E-state index in [2.05, 4.69) is 20.4 Å². The molecule has 11 heteroatoms. The molecule has 0 spiro atoms. The molecule has 10 nitrogen and oxygen atoms in total. The fourth-order valence-electron chi connectivity index (χ4n) is 2.21. The first-order valence-corrected chi connectivity index (χ1v) is 9.86. The summed E-state index contributed by atoms with van der Waals surface area (Å²) in [5, 5.41) is 18.4. The highest BCUT2D eigenvalue weighted by molar-refractivity contribution is 7.88. The van der Waals surface area contributed by atoms with Crippen molar-refractivity contribution in [2.75, 3.05) is 5.32 Å². The maximum absolute atomic E-state index is 12.1. The van der Waals surface area contributed by atoms with Gasteiger partial charge in [0.25, 0.3) is 0 Å². The van der Waals surface area contributed by atoms with E-state index in [0.717, 1.165) is 10.9 Å². The SMILES string of the molecule is CCC(C)NS(=O)(=O)Cc1cccc(NC(=O)Cn2cc(C(=O)O)nn2)c1. The molecule has 1 heterocycles. The fraction of sp³-hybridized carbons (Fsp3) is 0.375. The van der Waals surface area contributed by atoms with Crippen molar-refractivity contribution in [1.29, 1.82) is 0 Å². The van der Waals surface area contributed by atoms with Gasteiger partial charge in [0.15, 0.2) is 5.69 Å². The summed E-state index contributed by atoms with van der Waals surface area (Å²) in [5.74, 6) is -1.89. The smallest absolute Gasteiger partial charge is 0.358 e. The van der Waals surface area contributed by atoms with Crippen LogP contribution in [0.25, 0.3) is 0 Å². The van der Waals surface area contributed by atoms with Crippen LogP contribution < -0.4 is 10.0 Å². The molecule has 0 bridgehead atoms. The van der Waals surface area contributed by atoms with Crippen LogP contribution in [0.1, 0.15) is 36.3 Å². The normalized spacial score (nSPS) is 12.5. The number of hydrogen-bond acceptors (Lipinski definition) is 6. The number of aromatic carboxylic acids is 1. The third kappa shape index (κ3) is 6.46. The Labute approximate surface area is 156 Å². The molecule has 0 aliphatic rings. The van der Waals surface area contributed by atoms with Crippen molar-refractivity contribution < 1.29 is 23.1 Å². The molecular formula is C16H21N5O5S. The number of carbonyl (C=O) groups is 2. The van der Waals surface area contributed by atoms with E-state index in [0.29, 0.717) is 17.7 Å². The zero-order valence-corrected chi connectivity index (χ0v) is 15.7. The number of nitrogens with one attached hydrogen (secondary N) is 2. The summed E-state index contributed by atoms with van der Waals surface area (Å²) < 4.78 is 28.0.